The van der Waals surface area contributed by atoms with Gasteiger partial charge in [-0.2, -0.15) is 10.5 Å². The van der Waals surface area contributed by atoms with Gasteiger partial charge in [-0.15, -0.1) is 0 Å². The maximum absolute atomic E-state index is 12.5. The van der Waals surface area contributed by atoms with Crippen LogP contribution in [0.2, 0.25) is 0 Å². The Kier molecular flexibility index (Phi) is 8.62. The third-order valence-electron chi connectivity index (χ3n) is 3.86. The molecule has 31 heavy (non-hydrogen) atoms. The van der Waals surface area contributed by atoms with Crippen molar-refractivity contribution in [3.05, 3.63) is 57.6 Å². The van der Waals surface area contributed by atoms with Crippen molar-refractivity contribution < 1.29 is 23.8 Å². The molecule has 0 aliphatic carbocycles. The van der Waals surface area contributed by atoms with Crippen molar-refractivity contribution >= 4 is 39.6 Å². The molecule has 0 unspecified atom stereocenters. The highest BCUT2D eigenvalue weighted by atomic mass is 79.9. The highest BCUT2D eigenvalue weighted by Crippen LogP contribution is 2.37. The molecule has 0 saturated heterocycles. The van der Waals surface area contributed by atoms with Gasteiger partial charge in [-0.3, -0.25) is 4.79 Å². The molecule has 0 fully saturated rings. The summed E-state index contributed by atoms with van der Waals surface area (Å²) in [6.07, 6.45) is 1.39. The Morgan fingerprint density at radius 2 is 1.90 bits per heavy atom. The van der Waals surface area contributed by atoms with Crippen molar-refractivity contribution in [1.82, 2.24) is 0 Å². The fraction of sp³-hybridized carbons (Fsp3) is 0.182. The number of methoxy groups -OCH3 is 1. The van der Waals surface area contributed by atoms with Gasteiger partial charge in [0.15, 0.2) is 18.1 Å². The van der Waals surface area contributed by atoms with E-state index < -0.39 is 11.9 Å². The van der Waals surface area contributed by atoms with Crippen LogP contribution in [0.25, 0.3) is 6.08 Å². The maximum Gasteiger partial charge on any atom is 0.338 e. The predicted octanol–water partition coefficient (Wildman–Crippen LogP) is 4.08. The van der Waals surface area contributed by atoms with Crippen LogP contribution in [0.3, 0.4) is 0 Å². The number of nitrogens with one attached hydrogen (secondary N) is 1. The number of amides is 1. The molecule has 0 saturated carbocycles. The van der Waals surface area contributed by atoms with Crippen LogP contribution >= 0.6 is 15.9 Å². The minimum Gasteiger partial charge on any atom is -0.493 e. The van der Waals surface area contributed by atoms with Gasteiger partial charge in [0.05, 0.1) is 23.8 Å². The lowest BCUT2D eigenvalue weighted by molar-refractivity contribution is -0.112. The lowest BCUT2D eigenvalue weighted by Gasteiger charge is -2.12. The number of esters is 1. The first-order valence-electron chi connectivity index (χ1n) is 9.01. The molecule has 0 atom stereocenters. The first-order chi connectivity index (χ1) is 14.9. The SMILES string of the molecule is CCOC(=O)c1ccc(NC(=O)/C(C#N)=C/c2cc(Br)c(OCC#N)c(OC)c2)cc1. The van der Waals surface area contributed by atoms with E-state index in [0.29, 0.717) is 32.8 Å². The minimum absolute atomic E-state index is 0.144. The summed E-state index contributed by atoms with van der Waals surface area (Å²) in [4.78, 5) is 24.2. The Bertz CT molecular complexity index is 1080. The highest BCUT2D eigenvalue weighted by Gasteiger charge is 2.14. The van der Waals surface area contributed by atoms with Crippen molar-refractivity contribution in [2.24, 2.45) is 0 Å². The molecular weight excluding hydrogens is 466 g/mol. The van der Waals surface area contributed by atoms with E-state index in [1.807, 2.05) is 12.1 Å². The summed E-state index contributed by atoms with van der Waals surface area (Å²) in [5, 5.41) is 20.7. The van der Waals surface area contributed by atoms with E-state index in [1.54, 1.807) is 31.2 Å². The standard InChI is InChI=1S/C22H18BrN3O5/c1-3-30-22(28)15-4-6-17(7-5-15)26-21(27)16(13-25)10-14-11-18(23)20(31-9-8-24)19(12-14)29-2/h4-7,10-12H,3,9H2,1-2H3,(H,26,27)/b16-10+. The summed E-state index contributed by atoms with van der Waals surface area (Å²) < 4.78 is 16.0. The highest BCUT2D eigenvalue weighted by molar-refractivity contribution is 9.10. The van der Waals surface area contributed by atoms with Gasteiger partial charge in [0, 0.05) is 5.69 Å². The van der Waals surface area contributed by atoms with Gasteiger partial charge in [-0.1, -0.05) is 0 Å². The summed E-state index contributed by atoms with van der Waals surface area (Å²) in [7, 11) is 1.44. The lowest BCUT2D eigenvalue weighted by Crippen LogP contribution is -2.13. The molecule has 9 heteroatoms. The third kappa shape index (κ3) is 6.33. The largest absolute Gasteiger partial charge is 0.493 e. The van der Waals surface area contributed by atoms with Gasteiger partial charge in [0.1, 0.15) is 17.7 Å². The number of anilines is 1. The molecule has 1 N–H and O–H groups in total. The van der Waals surface area contributed by atoms with Gasteiger partial charge >= 0.3 is 5.97 Å². The number of ether oxygens (including phenoxy) is 3. The quantitative estimate of drug-likeness (QED) is 0.340. The summed E-state index contributed by atoms with van der Waals surface area (Å²) in [5.41, 5.74) is 1.14. The average Bonchev–Trinajstić information content (AvgIpc) is 2.76. The monoisotopic (exact) mass is 483 g/mol. The summed E-state index contributed by atoms with van der Waals surface area (Å²) in [6, 6.07) is 13.1. The number of nitriles is 2. The molecule has 2 rings (SSSR count). The zero-order valence-electron chi connectivity index (χ0n) is 16.8. The first-order valence-corrected chi connectivity index (χ1v) is 9.80. The molecule has 1 amide bonds. The fourth-order valence-corrected chi connectivity index (χ4v) is 3.06. The Morgan fingerprint density at radius 1 is 1.19 bits per heavy atom. The molecule has 0 heterocycles. The number of rotatable bonds is 8. The van der Waals surface area contributed by atoms with Crippen molar-refractivity contribution in [2.45, 2.75) is 6.92 Å². The second kappa shape index (κ2) is 11.4. The van der Waals surface area contributed by atoms with E-state index in [9.17, 15) is 14.9 Å². The van der Waals surface area contributed by atoms with Gasteiger partial charge in [0.2, 0.25) is 0 Å². The fourth-order valence-electron chi connectivity index (χ4n) is 2.49. The van der Waals surface area contributed by atoms with Crippen LogP contribution in [-0.4, -0.2) is 32.2 Å². The van der Waals surface area contributed by atoms with E-state index >= 15 is 0 Å². The second-order valence-corrected chi connectivity index (χ2v) is 6.76. The van der Waals surface area contributed by atoms with Crippen LogP contribution in [0.15, 0.2) is 46.4 Å². The molecule has 158 valence electrons. The Morgan fingerprint density at radius 3 is 2.48 bits per heavy atom. The van der Waals surface area contributed by atoms with Gasteiger partial charge in [0.25, 0.3) is 5.91 Å². The molecule has 0 aliphatic heterocycles. The van der Waals surface area contributed by atoms with Gasteiger partial charge < -0.3 is 19.5 Å². The lowest BCUT2D eigenvalue weighted by atomic mass is 10.1. The number of carbonyl (C=O) groups is 2. The molecule has 0 radical (unpaired) electrons. The maximum atomic E-state index is 12.5. The first kappa shape index (κ1) is 23.5. The second-order valence-electron chi connectivity index (χ2n) is 5.90. The normalized spacial score (nSPS) is 10.4. The smallest absolute Gasteiger partial charge is 0.338 e. The van der Waals surface area contributed by atoms with Gasteiger partial charge in [-0.05, 0) is 70.9 Å². The number of benzene rings is 2. The number of carbonyl (C=O) groups excluding carboxylic acids is 2. The Labute approximate surface area is 187 Å². The molecule has 0 aliphatic rings. The van der Waals surface area contributed by atoms with Crippen molar-refractivity contribution in [2.75, 3.05) is 25.6 Å². The van der Waals surface area contributed by atoms with E-state index in [0.717, 1.165) is 0 Å². The van der Waals surface area contributed by atoms with Crippen LogP contribution in [0.1, 0.15) is 22.8 Å². The number of halogens is 1. The van der Waals surface area contributed by atoms with E-state index in [2.05, 4.69) is 21.2 Å². The molecular formula is C22H18BrN3O5. The van der Waals surface area contributed by atoms with Crippen LogP contribution in [0.5, 0.6) is 11.5 Å². The number of nitrogens with zero attached hydrogens (tertiary/aromatic N) is 2. The van der Waals surface area contributed by atoms with E-state index in [4.69, 9.17) is 19.5 Å². The zero-order valence-corrected chi connectivity index (χ0v) is 18.4. The van der Waals surface area contributed by atoms with Crippen LogP contribution < -0.4 is 14.8 Å². The molecule has 2 aromatic carbocycles. The summed E-state index contributed by atoms with van der Waals surface area (Å²) in [5.74, 6) is -0.403. The number of hydrogen-bond donors (Lipinski definition) is 1. The van der Waals surface area contributed by atoms with E-state index in [1.165, 1.54) is 25.3 Å². The molecule has 0 aromatic heterocycles. The third-order valence-corrected chi connectivity index (χ3v) is 4.45. The zero-order chi connectivity index (χ0) is 22.8. The topological polar surface area (TPSA) is 121 Å². The Balaban J connectivity index is 2.22. The van der Waals surface area contributed by atoms with Gasteiger partial charge in [-0.25, -0.2) is 4.79 Å². The Hall–Kier alpha value is -3.82. The van der Waals surface area contributed by atoms with E-state index in [-0.39, 0.29) is 18.8 Å². The average molecular weight is 484 g/mol. The van der Waals surface area contributed by atoms with Crippen LogP contribution in [0.4, 0.5) is 5.69 Å². The van der Waals surface area contributed by atoms with Crippen molar-refractivity contribution in [3.63, 3.8) is 0 Å². The molecule has 0 bridgehead atoms. The molecule has 8 nitrogen and oxygen atoms in total. The number of hydrogen-bond acceptors (Lipinski definition) is 7. The minimum atomic E-state index is -0.619. The van der Waals surface area contributed by atoms with Crippen molar-refractivity contribution in [3.8, 4) is 23.6 Å². The van der Waals surface area contributed by atoms with Crippen LogP contribution in [-0.2, 0) is 9.53 Å². The predicted molar refractivity (Wildman–Crippen MR) is 116 cm³/mol. The van der Waals surface area contributed by atoms with Crippen molar-refractivity contribution in [1.29, 1.82) is 10.5 Å². The summed E-state index contributed by atoms with van der Waals surface area (Å²) >= 11 is 3.34. The molecule has 2 aromatic rings. The van der Waals surface area contributed by atoms with Crippen LogP contribution in [0, 0.1) is 22.7 Å². The summed E-state index contributed by atoms with van der Waals surface area (Å²) in [6.45, 7) is 1.81. The molecule has 0 spiro atoms.